The number of aromatic carboxylic acids is 1. The molecule has 12 heteroatoms. The van der Waals surface area contributed by atoms with Crippen molar-refractivity contribution in [3.05, 3.63) is 82.0 Å². The van der Waals surface area contributed by atoms with Crippen LogP contribution in [0, 0.1) is 11.6 Å². The zero-order valence-corrected chi connectivity index (χ0v) is 22.0. The first-order valence-corrected chi connectivity index (χ1v) is 13.2. The summed E-state index contributed by atoms with van der Waals surface area (Å²) >= 11 is 5.79. The molecule has 1 aromatic carbocycles. The van der Waals surface area contributed by atoms with Crippen LogP contribution in [0.15, 0.2) is 46.9 Å². The van der Waals surface area contributed by atoms with E-state index in [-0.39, 0.29) is 34.9 Å². The Morgan fingerprint density at radius 1 is 1.18 bits per heavy atom. The summed E-state index contributed by atoms with van der Waals surface area (Å²) in [5, 5.41) is 9.56. The van der Waals surface area contributed by atoms with Gasteiger partial charge in [0.25, 0.3) is 5.88 Å². The molecule has 0 bridgehead atoms. The minimum absolute atomic E-state index is 0.0596. The molecule has 5 heterocycles. The van der Waals surface area contributed by atoms with Gasteiger partial charge in [-0.15, -0.1) is 0 Å². The normalized spacial score (nSPS) is 17.6. The maximum Gasteiger partial charge on any atom is 0.371 e. The van der Waals surface area contributed by atoms with Crippen molar-refractivity contribution in [1.29, 1.82) is 0 Å². The Labute approximate surface area is 232 Å². The van der Waals surface area contributed by atoms with Crippen molar-refractivity contribution < 1.29 is 32.6 Å². The van der Waals surface area contributed by atoms with Crippen molar-refractivity contribution in [3.63, 3.8) is 0 Å². The zero-order valence-electron chi connectivity index (χ0n) is 21.3. The van der Waals surface area contributed by atoms with Crippen LogP contribution < -0.4 is 4.74 Å². The molecule has 208 valence electrons. The molecule has 1 atom stereocenters. The van der Waals surface area contributed by atoms with Gasteiger partial charge in [-0.3, -0.25) is 4.90 Å². The number of fused-ring (bicyclic) bond motifs is 1. The number of imidazole rings is 1. The maximum atomic E-state index is 14.4. The number of carbonyl (C=O) groups is 1. The summed E-state index contributed by atoms with van der Waals surface area (Å²) in [5.74, 6) is -1.88. The second-order valence-electron chi connectivity index (χ2n) is 9.75. The van der Waals surface area contributed by atoms with Gasteiger partial charge in [-0.1, -0.05) is 23.7 Å². The van der Waals surface area contributed by atoms with E-state index >= 15 is 0 Å². The molecule has 0 saturated carbocycles. The van der Waals surface area contributed by atoms with Crippen molar-refractivity contribution in [2.24, 2.45) is 0 Å². The zero-order chi connectivity index (χ0) is 27.8. The number of hydrogen-bond donors (Lipinski definition) is 1. The molecule has 0 aliphatic carbocycles. The largest absolute Gasteiger partial charge is 0.475 e. The van der Waals surface area contributed by atoms with Crippen LogP contribution in [0.3, 0.4) is 0 Å². The van der Waals surface area contributed by atoms with Crippen molar-refractivity contribution in [3.8, 4) is 5.88 Å². The summed E-state index contributed by atoms with van der Waals surface area (Å²) in [6.45, 7) is 2.94. The van der Waals surface area contributed by atoms with Crippen molar-refractivity contribution in [1.82, 2.24) is 19.4 Å². The van der Waals surface area contributed by atoms with Crippen molar-refractivity contribution in [2.75, 3.05) is 19.7 Å². The Kier molecular flexibility index (Phi) is 7.26. The molecular formula is C28H25ClF2N4O5. The number of halogens is 3. The summed E-state index contributed by atoms with van der Waals surface area (Å²) in [6.07, 6.45) is 3.69. The topological polar surface area (TPSA) is 103 Å². The molecule has 2 aliphatic rings. The third kappa shape index (κ3) is 5.45. The van der Waals surface area contributed by atoms with Crippen LogP contribution in [0.5, 0.6) is 5.88 Å². The number of ether oxygens (including phenoxy) is 2. The van der Waals surface area contributed by atoms with E-state index in [9.17, 15) is 18.7 Å². The lowest BCUT2D eigenvalue weighted by Crippen LogP contribution is -2.33. The number of carboxylic acid groups (broad SMARTS) is 1. The predicted molar refractivity (Wildman–Crippen MR) is 141 cm³/mol. The van der Waals surface area contributed by atoms with E-state index in [1.165, 1.54) is 24.3 Å². The quantitative estimate of drug-likeness (QED) is 0.289. The van der Waals surface area contributed by atoms with E-state index in [2.05, 4.69) is 14.9 Å². The van der Waals surface area contributed by atoms with E-state index in [1.54, 1.807) is 12.1 Å². The Balaban J connectivity index is 1.15. The van der Waals surface area contributed by atoms with Crippen LogP contribution in [-0.2, 0) is 24.4 Å². The van der Waals surface area contributed by atoms with Crippen molar-refractivity contribution in [2.45, 2.75) is 38.6 Å². The number of aromatic nitrogens is 3. The van der Waals surface area contributed by atoms with Gasteiger partial charge in [0.1, 0.15) is 23.8 Å². The molecule has 40 heavy (non-hydrogen) atoms. The van der Waals surface area contributed by atoms with Crippen LogP contribution in [0.25, 0.3) is 16.8 Å². The molecule has 2 aliphatic heterocycles. The molecule has 3 aromatic heterocycles. The average Bonchev–Trinajstić information content (AvgIpc) is 3.45. The predicted octanol–water partition coefficient (Wildman–Crippen LogP) is 5.31. The molecule has 9 nitrogen and oxygen atoms in total. The van der Waals surface area contributed by atoms with Gasteiger partial charge < -0.3 is 23.6 Å². The number of nitrogens with zero attached hydrogens (tertiary/aromatic N) is 4. The lowest BCUT2D eigenvalue weighted by molar-refractivity contribution is -0.0591. The monoisotopic (exact) mass is 570 g/mol. The van der Waals surface area contributed by atoms with Gasteiger partial charge >= 0.3 is 5.97 Å². The van der Waals surface area contributed by atoms with E-state index in [1.807, 2.05) is 10.6 Å². The standard InChI is InChI=1S/C28H25ClF2N4O5/c29-18-2-1-17(21(31)11-18)15-39-26-20(30)3-4-22(32-26)16-5-8-34(9-6-16)14-25-33-27-23(12-24(40-27)28(36)37)35(25)13-19-7-10-38-19/h1-5,11-12,19H,6-10,13-15H2,(H,36,37)/t19-/m0/s1. The molecule has 0 unspecified atom stereocenters. The van der Waals surface area contributed by atoms with Crippen LogP contribution in [0.1, 0.15) is 40.5 Å². The summed E-state index contributed by atoms with van der Waals surface area (Å²) in [4.78, 5) is 22.5. The molecule has 1 fully saturated rings. The van der Waals surface area contributed by atoms with E-state index in [4.69, 9.17) is 25.5 Å². The van der Waals surface area contributed by atoms with Gasteiger partial charge in [0.2, 0.25) is 11.5 Å². The van der Waals surface area contributed by atoms with E-state index in [0.29, 0.717) is 56.1 Å². The lowest BCUT2D eigenvalue weighted by atomic mass is 10.0. The minimum Gasteiger partial charge on any atom is -0.475 e. The first-order chi connectivity index (χ1) is 19.3. The summed E-state index contributed by atoms with van der Waals surface area (Å²) in [7, 11) is 0. The number of pyridine rings is 1. The molecule has 0 spiro atoms. The number of hydrogen-bond acceptors (Lipinski definition) is 7. The Morgan fingerprint density at radius 2 is 2.02 bits per heavy atom. The summed E-state index contributed by atoms with van der Waals surface area (Å²) in [6, 6.07) is 8.61. The molecular weight excluding hydrogens is 546 g/mol. The van der Waals surface area contributed by atoms with Crippen LogP contribution >= 0.6 is 11.6 Å². The highest BCUT2D eigenvalue weighted by Gasteiger charge is 2.26. The third-order valence-electron chi connectivity index (χ3n) is 7.10. The lowest BCUT2D eigenvalue weighted by Gasteiger charge is -2.29. The number of benzene rings is 1. The number of furan rings is 1. The molecule has 4 aromatic rings. The highest BCUT2D eigenvalue weighted by atomic mass is 35.5. The first-order valence-electron chi connectivity index (χ1n) is 12.8. The smallest absolute Gasteiger partial charge is 0.371 e. The molecule has 0 radical (unpaired) electrons. The Bertz CT molecular complexity index is 1610. The molecule has 1 saturated heterocycles. The van der Waals surface area contributed by atoms with Gasteiger partial charge in [-0.2, -0.15) is 4.98 Å². The fourth-order valence-electron chi connectivity index (χ4n) is 4.80. The van der Waals surface area contributed by atoms with Crippen LogP contribution in [0.2, 0.25) is 5.02 Å². The van der Waals surface area contributed by atoms with Gasteiger partial charge in [-0.25, -0.2) is 18.6 Å². The second-order valence-corrected chi connectivity index (χ2v) is 10.2. The SMILES string of the molecule is O=C(O)c1cc2c(nc(CN3CC=C(c4ccc(F)c(OCc5ccc(Cl)cc5F)n4)CC3)n2C[C@@H]2CCO2)o1. The molecule has 1 N–H and O–H groups in total. The highest BCUT2D eigenvalue weighted by Crippen LogP contribution is 2.28. The highest BCUT2D eigenvalue weighted by molar-refractivity contribution is 6.30. The number of carboxylic acids is 1. The van der Waals surface area contributed by atoms with Crippen LogP contribution in [-0.4, -0.2) is 56.3 Å². The number of rotatable bonds is 9. The van der Waals surface area contributed by atoms with E-state index < -0.39 is 17.6 Å². The molecule has 0 amide bonds. The minimum atomic E-state index is -1.14. The molecule has 6 rings (SSSR count). The van der Waals surface area contributed by atoms with E-state index in [0.717, 1.165) is 17.8 Å². The van der Waals surface area contributed by atoms with Crippen molar-refractivity contribution >= 4 is 34.4 Å². The first kappa shape index (κ1) is 26.4. The van der Waals surface area contributed by atoms with Gasteiger partial charge in [0.05, 0.1) is 24.9 Å². The van der Waals surface area contributed by atoms with Gasteiger partial charge in [-0.05, 0) is 42.7 Å². The maximum absolute atomic E-state index is 14.4. The fraction of sp³-hybridized carbons (Fsp3) is 0.321. The van der Waals surface area contributed by atoms with Crippen LogP contribution in [0.4, 0.5) is 8.78 Å². The Morgan fingerprint density at radius 3 is 2.73 bits per heavy atom. The van der Waals surface area contributed by atoms with Gasteiger partial charge in [0, 0.05) is 36.3 Å². The average molecular weight is 571 g/mol. The summed E-state index contributed by atoms with van der Waals surface area (Å²) < 4.78 is 47.0. The van der Waals surface area contributed by atoms with Gasteiger partial charge in [0.15, 0.2) is 5.82 Å². The Hall–Kier alpha value is -3.80. The summed E-state index contributed by atoms with van der Waals surface area (Å²) in [5.41, 5.74) is 2.72. The third-order valence-corrected chi connectivity index (χ3v) is 7.33. The fourth-order valence-corrected chi connectivity index (χ4v) is 4.96. The second kappa shape index (κ2) is 11.0.